The van der Waals surface area contributed by atoms with Crippen molar-refractivity contribution in [3.8, 4) is 0 Å². The Morgan fingerprint density at radius 2 is 1.22 bits per heavy atom. The van der Waals surface area contributed by atoms with E-state index in [0.717, 1.165) is 39.3 Å². The van der Waals surface area contributed by atoms with E-state index in [1.54, 1.807) is 0 Å². The Bertz CT molecular complexity index is 870. The maximum Gasteiger partial charge on any atom is 0.239 e. The minimum Gasteiger partial charge on any atom is -0.474 e. The van der Waals surface area contributed by atoms with Crippen LogP contribution in [0.15, 0.2) is 46.4 Å². The Labute approximate surface area is 162 Å². The summed E-state index contributed by atoms with van der Waals surface area (Å²) in [5.41, 5.74) is 6.47. The molecule has 1 saturated heterocycles. The number of nitrogens with zero attached hydrogens (tertiary/aromatic N) is 2. The number of para-hydroxylation sites is 2. The van der Waals surface area contributed by atoms with Gasteiger partial charge in [-0.15, -0.1) is 0 Å². The molecule has 0 amide bonds. The van der Waals surface area contributed by atoms with Gasteiger partial charge < -0.3 is 9.47 Å². The molecule has 1 fully saturated rings. The third kappa shape index (κ3) is 4.11. The average molecular weight is 364 g/mol. The first-order valence-electron chi connectivity index (χ1n) is 9.37. The third-order valence-electron chi connectivity index (χ3n) is 4.87. The largest absolute Gasteiger partial charge is 0.474 e. The summed E-state index contributed by atoms with van der Waals surface area (Å²) in [6.07, 6.45) is 0. The molecule has 1 aliphatic rings. The number of benzene rings is 2. The minimum atomic E-state index is -0.597. The summed E-state index contributed by atoms with van der Waals surface area (Å²) in [6, 6.07) is 12.4. The Balaban J connectivity index is 2.21. The molecule has 0 aliphatic carbocycles. The Kier molecular flexibility index (Phi) is 5.47. The van der Waals surface area contributed by atoms with Gasteiger partial charge in [-0.05, 0) is 63.8 Å². The smallest absolute Gasteiger partial charge is 0.239 e. The van der Waals surface area contributed by atoms with Crippen LogP contribution in [0.3, 0.4) is 0 Å². The second kappa shape index (κ2) is 7.65. The fraction of sp³-hybridized carbons (Fsp3) is 0.391. The normalized spacial score (nSPS) is 19.8. The highest BCUT2D eigenvalue weighted by Gasteiger charge is 2.34. The monoisotopic (exact) mass is 364 g/mol. The molecule has 4 heteroatoms. The molecule has 2 aromatic carbocycles. The highest BCUT2D eigenvalue weighted by molar-refractivity contribution is 6.43. The fourth-order valence-electron chi connectivity index (χ4n) is 3.27. The predicted octanol–water partition coefficient (Wildman–Crippen LogP) is 5.55. The van der Waals surface area contributed by atoms with Crippen molar-refractivity contribution >= 4 is 23.0 Å². The molecule has 27 heavy (non-hydrogen) atoms. The van der Waals surface area contributed by atoms with Crippen LogP contribution in [0, 0.1) is 27.7 Å². The molecule has 0 atom stereocenters. The van der Waals surface area contributed by atoms with Crippen LogP contribution in [0.1, 0.15) is 36.1 Å². The van der Waals surface area contributed by atoms with Gasteiger partial charge in [0.05, 0.1) is 18.0 Å². The minimum absolute atomic E-state index is 0.457. The van der Waals surface area contributed by atoms with Crippen molar-refractivity contribution in [3.05, 3.63) is 58.7 Å². The zero-order valence-electron chi connectivity index (χ0n) is 17.1. The molecule has 0 unspecified atom stereocenters. The quantitative estimate of drug-likeness (QED) is 0.701. The van der Waals surface area contributed by atoms with Crippen molar-refractivity contribution in [1.82, 2.24) is 0 Å². The fourth-order valence-corrected chi connectivity index (χ4v) is 3.27. The molecular formula is C23H28N2O2. The topological polar surface area (TPSA) is 43.2 Å². The van der Waals surface area contributed by atoms with Crippen LogP contribution in [-0.4, -0.2) is 30.4 Å². The molecule has 0 saturated carbocycles. The van der Waals surface area contributed by atoms with E-state index in [1.807, 2.05) is 26.0 Å². The summed E-state index contributed by atoms with van der Waals surface area (Å²) >= 11 is 0. The first-order chi connectivity index (χ1) is 12.8. The molecule has 0 spiro atoms. The van der Waals surface area contributed by atoms with E-state index in [4.69, 9.17) is 19.5 Å². The van der Waals surface area contributed by atoms with Gasteiger partial charge in [0.2, 0.25) is 5.90 Å². The van der Waals surface area contributed by atoms with E-state index in [9.17, 15) is 0 Å². The molecule has 0 radical (unpaired) electrons. The lowest BCUT2D eigenvalue weighted by Gasteiger charge is -2.24. The Morgan fingerprint density at radius 3 is 1.74 bits per heavy atom. The van der Waals surface area contributed by atoms with E-state index >= 15 is 0 Å². The number of hydrogen-bond acceptors (Lipinski definition) is 4. The van der Waals surface area contributed by atoms with Gasteiger partial charge in [0.15, 0.2) is 0 Å². The van der Waals surface area contributed by atoms with Gasteiger partial charge in [-0.1, -0.05) is 36.4 Å². The maximum atomic E-state index is 6.05. The van der Waals surface area contributed by atoms with Crippen LogP contribution in [-0.2, 0) is 9.47 Å². The van der Waals surface area contributed by atoms with E-state index in [-0.39, 0.29) is 0 Å². The second-order valence-corrected chi connectivity index (χ2v) is 7.57. The van der Waals surface area contributed by atoms with Crippen molar-refractivity contribution in [2.24, 2.45) is 9.98 Å². The molecule has 0 aromatic heterocycles. The molecule has 1 aliphatic heterocycles. The Hall–Kier alpha value is -2.46. The third-order valence-corrected chi connectivity index (χ3v) is 4.87. The summed E-state index contributed by atoms with van der Waals surface area (Å²) in [7, 11) is 0. The van der Waals surface area contributed by atoms with Crippen molar-refractivity contribution in [1.29, 1.82) is 0 Å². The van der Waals surface area contributed by atoms with Crippen LogP contribution >= 0.6 is 0 Å². The summed E-state index contributed by atoms with van der Waals surface area (Å²) in [5, 5.41) is 0. The molecule has 3 rings (SSSR count). The summed E-state index contributed by atoms with van der Waals surface area (Å²) in [4.78, 5) is 9.90. The van der Waals surface area contributed by atoms with Crippen LogP contribution < -0.4 is 0 Å². The van der Waals surface area contributed by atoms with Gasteiger partial charge in [0.1, 0.15) is 17.9 Å². The molecule has 4 nitrogen and oxygen atoms in total. The van der Waals surface area contributed by atoms with Gasteiger partial charge in [-0.2, -0.15) is 0 Å². The highest BCUT2D eigenvalue weighted by atomic mass is 16.6. The zero-order chi connectivity index (χ0) is 19.6. The SMILES string of the molecule is Cc1cccc(C)c1N=C1OCCOC(C)(C)C1=Nc1c(C)cccc1C. The molecule has 0 bridgehead atoms. The van der Waals surface area contributed by atoms with E-state index in [2.05, 4.69) is 52.0 Å². The number of hydrogen-bond donors (Lipinski definition) is 0. The van der Waals surface area contributed by atoms with Crippen molar-refractivity contribution in [3.63, 3.8) is 0 Å². The van der Waals surface area contributed by atoms with E-state index in [1.165, 1.54) is 0 Å². The van der Waals surface area contributed by atoms with Gasteiger partial charge in [-0.3, -0.25) is 0 Å². The first-order valence-corrected chi connectivity index (χ1v) is 9.37. The van der Waals surface area contributed by atoms with Crippen molar-refractivity contribution in [2.75, 3.05) is 13.2 Å². The lowest BCUT2D eigenvalue weighted by molar-refractivity contribution is 0.0267. The highest BCUT2D eigenvalue weighted by Crippen LogP contribution is 2.29. The van der Waals surface area contributed by atoms with Crippen molar-refractivity contribution in [2.45, 2.75) is 47.1 Å². The van der Waals surface area contributed by atoms with E-state index < -0.39 is 5.60 Å². The molecule has 2 aromatic rings. The average Bonchev–Trinajstić information content (AvgIpc) is 2.73. The molecule has 1 heterocycles. The van der Waals surface area contributed by atoms with Gasteiger partial charge in [0, 0.05) is 0 Å². The number of ether oxygens (including phenoxy) is 2. The Morgan fingerprint density at radius 1 is 0.741 bits per heavy atom. The molecule has 142 valence electrons. The number of aryl methyl sites for hydroxylation is 4. The molecule has 0 N–H and O–H groups in total. The lowest BCUT2D eigenvalue weighted by atomic mass is 10.0. The summed E-state index contributed by atoms with van der Waals surface area (Å²) in [5.74, 6) is 0.539. The van der Waals surface area contributed by atoms with Gasteiger partial charge >= 0.3 is 0 Å². The summed E-state index contributed by atoms with van der Waals surface area (Å²) < 4.78 is 12.1. The summed E-state index contributed by atoms with van der Waals surface area (Å²) in [6.45, 7) is 13.3. The number of aliphatic imine (C=N–C) groups is 2. The molecular weight excluding hydrogens is 336 g/mol. The first kappa shape index (κ1) is 19.3. The van der Waals surface area contributed by atoms with Crippen LogP contribution in [0.2, 0.25) is 0 Å². The van der Waals surface area contributed by atoms with Crippen LogP contribution in [0.4, 0.5) is 11.4 Å². The zero-order valence-corrected chi connectivity index (χ0v) is 17.1. The van der Waals surface area contributed by atoms with Crippen LogP contribution in [0.5, 0.6) is 0 Å². The predicted molar refractivity (Wildman–Crippen MR) is 112 cm³/mol. The van der Waals surface area contributed by atoms with Gasteiger partial charge in [0.25, 0.3) is 0 Å². The van der Waals surface area contributed by atoms with Crippen molar-refractivity contribution < 1.29 is 9.47 Å². The maximum absolute atomic E-state index is 6.05. The number of rotatable bonds is 2. The standard InChI is InChI=1S/C23H28N2O2/c1-15-9-7-10-16(2)19(15)24-21-22(26-13-14-27-23(21,5)6)25-20-17(3)11-8-12-18(20)4/h7-12H,13-14H2,1-6H3. The van der Waals surface area contributed by atoms with E-state index in [0.29, 0.717) is 19.1 Å². The lowest BCUT2D eigenvalue weighted by Crippen LogP contribution is -2.38. The van der Waals surface area contributed by atoms with Crippen LogP contribution in [0.25, 0.3) is 0 Å². The second-order valence-electron chi connectivity index (χ2n) is 7.57. The van der Waals surface area contributed by atoms with Gasteiger partial charge in [-0.25, -0.2) is 9.98 Å².